The van der Waals surface area contributed by atoms with Crippen molar-refractivity contribution in [1.29, 1.82) is 0 Å². The molecule has 0 spiro atoms. The number of cyclic esters (lactones) is 1. The van der Waals surface area contributed by atoms with Gasteiger partial charge in [0.1, 0.15) is 35.1 Å². The van der Waals surface area contributed by atoms with Gasteiger partial charge in [0, 0.05) is 30.1 Å². The topological polar surface area (TPSA) is 233 Å². The third-order valence-corrected chi connectivity index (χ3v) is 25.1. The Hall–Kier alpha value is -4.28. The van der Waals surface area contributed by atoms with Crippen molar-refractivity contribution in [3.8, 4) is 0 Å². The highest BCUT2D eigenvalue weighted by molar-refractivity contribution is 5.88. The predicted octanol–water partition coefficient (Wildman–Crippen LogP) is 20.6. The zero-order valence-electron chi connectivity index (χ0n) is 60.2. The van der Waals surface area contributed by atoms with Crippen molar-refractivity contribution >= 4 is 47.7 Å². The predicted molar refractivity (Wildman–Crippen MR) is 417 cm³/mol. The summed E-state index contributed by atoms with van der Waals surface area (Å²) in [4.78, 5) is 95.4. The summed E-state index contributed by atoms with van der Waals surface area (Å²) < 4.78 is 38.8. The summed E-state index contributed by atoms with van der Waals surface area (Å²) in [6, 6.07) is -0.437. The van der Waals surface area contributed by atoms with Gasteiger partial charge < -0.3 is 43.6 Å². The number of aliphatic hydroxyl groups is 1. The van der Waals surface area contributed by atoms with Gasteiger partial charge in [0.05, 0.1) is 39.8 Å². The molecule has 604 valence electrons. The van der Waals surface area contributed by atoms with E-state index in [0.717, 1.165) is 95.3 Å². The fraction of sp³-hybridized carbons (Fsp3) is 0.906. The molecule has 2 N–H and O–H groups in total. The van der Waals surface area contributed by atoms with Gasteiger partial charge in [0.15, 0.2) is 6.61 Å². The third-order valence-electron chi connectivity index (χ3n) is 25.1. The van der Waals surface area contributed by atoms with Crippen LogP contribution in [0.2, 0.25) is 0 Å². The van der Waals surface area contributed by atoms with Crippen LogP contribution in [0, 0.1) is 86.3 Å². The summed E-state index contributed by atoms with van der Waals surface area (Å²) >= 11 is 0. The van der Waals surface area contributed by atoms with Gasteiger partial charge in [-0.1, -0.05) is 150 Å². The standard InChI is InChI=1S/C19H32O2.C16H22O6.C16H26O3.C14H26O2.C10H17NO3.10CH4/c1-6-18(4,5)17(20)21-19(12(2)3)15-8-13-7-14(10-15)11-16(19)9-13;1-4-16(2,3)15(19)20-7-11(17)21-12-8-5-9-10(6-8)14(18)22-13(9)12;1-4-14(2,3)13(17)19-16-8-11-5-12(9-16)7-15(18,6-11)10-16;1-5-13(3,4)12(15)16-14(6-2)10-8-7-9-11-14;1-4-10(2,3)9(13)11-7-5-6-14-8(7)12;;;;;;;;;;/h12-16H,6-11H2,1-5H3;8-10,12-13H,4-7H2,1-3H3;11-12,18H,4-10H2,1-3H3;5-11H2,1-4H3;7H,4-6H2,1-3H3,(H,11,13);10*1H4. The first kappa shape index (κ1) is 104. The zero-order chi connectivity index (χ0) is 68.4. The number of nitrogens with one attached hydrogen (secondary N) is 1. The molecule has 0 radical (unpaired) electrons. The second kappa shape index (κ2) is 40.6. The minimum Gasteiger partial charge on any atom is -0.464 e. The second-order valence-electron chi connectivity index (χ2n) is 34.1. The Kier molecular flexibility index (Phi) is 41.4. The van der Waals surface area contributed by atoms with Gasteiger partial charge in [-0.2, -0.15) is 0 Å². The lowest BCUT2D eigenvalue weighted by Gasteiger charge is -2.62. The molecule has 17 heteroatoms. The normalized spacial score (nSPS) is 30.7. The Labute approximate surface area is 626 Å². The number of fused-ring (bicyclic) bond motifs is 1. The number of carbonyl (C=O) groups is 8. The van der Waals surface area contributed by atoms with Crippen LogP contribution in [0.25, 0.3) is 0 Å². The van der Waals surface area contributed by atoms with Crippen molar-refractivity contribution in [2.75, 3.05) is 13.2 Å². The van der Waals surface area contributed by atoms with E-state index < -0.39 is 39.8 Å². The average Bonchev–Trinajstić information content (AvgIpc) is 0.815. The summed E-state index contributed by atoms with van der Waals surface area (Å²) in [6.07, 6.45) is 24.4. The van der Waals surface area contributed by atoms with Crippen LogP contribution in [0.5, 0.6) is 0 Å². The molecule has 11 aliphatic carbocycles. The van der Waals surface area contributed by atoms with Gasteiger partial charge in [0.2, 0.25) is 5.91 Å². The molecule has 17 nitrogen and oxygen atoms in total. The highest BCUT2D eigenvalue weighted by Crippen LogP contribution is 2.63. The van der Waals surface area contributed by atoms with Crippen LogP contribution in [0.3, 0.4) is 0 Å². The molecule has 2 heterocycles. The number of hydrogen-bond acceptors (Lipinski definition) is 16. The summed E-state index contributed by atoms with van der Waals surface area (Å²) in [6.45, 7) is 35.9. The largest absolute Gasteiger partial charge is 0.464 e. The lowest BCUT2D eigenvalue weighted by molar-refractivity contribution is -0.231. The van der Waals surface area contributed by atoms with Crippen LogP contribution in [-0.4, -0.2) is 107 Å². The maximum Gasteiger partial charge on any atom is 0.344 e. The van der Waals surface area contributed by atoms with Gasteiger partial charge in [-0.25, -0.2) is 9.59 Å². The van der Waals surface area contributed by atoms with Gasteiger partial charge >= 0.3 is 41.8 Å². The molecule has 102 heavy (non-hydrogen) atoms. The van der Waals surface area contributed by atoms with Crippen LogP contribution >= 0.6 is 0 Å². The van der Waals surface area contributed by atoms with Crippen molar-refractivity contribution in [2.24, 2.45) is 86.3 Å². The van der Waals surface area contributed by atoms with Crippen molar-refractivity contribution in [3.05, 3.63) is 0 Å². The Morgan fingerprint density at radius 3 is 1.40 bits per heavy atom. The summed E-state index contributed by atoms with van der Waals surface area (Å²) in [5.74, 6) is 3.39. The molecule has 8 unspecified atom stereocenters. The SMILES string of the molecule is C.C.C.C.C.C.C.C.C.C.CCC(C)(C)C(=O)NC1CCOC1=O.CCC(C)(C)C(=O)OC1(C(C)C)C2CC3CC(C2)CC1C3.CCC(C)(C)C(=O)OC12CC3CC(CC(O)(C3)C1)C2.CCC(C)(C)C(=O)OCC(=O)OC1C2CC3C(=O)OC1C3C2.CCC1(OC(=O)C(C)(C)CC)CCCCC1. The lowest BCUT2D eigenvalue weighted by atomic mass is 9.47. The highest BCUT2D eigenvalue weighted by Gasteiger charge is 2.65. The van der Waals surface area contributed by atoms with E-state index in [1.807, 2.05) is 83.1 Å². The number of esters is 7. The Morgan fingerprint density at radius 2 is 0.980 bits per heavy atom. The molecule has 2 aliphatic heterocycles. The van der Waals surface area contributed by atoms with Gasteiger partial charge in [0.25, 0.3) is 0 Å². The monoisotopic (exact) mass is 1450 g/mol. The second-order valence-corrected chi connectivity index (χ2v) is 34.1. The first-order valence-electron chi connectivity index (χ1n) is 36.3. The summed E-state index contributed by atoms with van der Waals surface area (Å²) in [5.41, 5.74) is -3.35. The molecule has 11 saturated carbocycles. The van der Waals surface area contributed by atoms with E-state index in [-0.39, 0.29) is 174 Å². The number of rotatable bonds is 19. The van der Waals surface area contributed by atoms with Crippen LogP contribution in [-0.2, 0) is 71.5 Å². The molecule has 2 saturated heterocycles. The van der Waals surface area contributed by atoms with Gasteiger partial charge in [-0.15, -0.1) is 0 Å². The zero-order valence-corrected chi connectivity index (χ0v) is 60.2. The number of carbonyl (C=O) groups excluding carboxylic acids is 8. The molecule has 1 amide bonds. The molecule has 13 aliphatic rings. The Bertz CT molecular complexity index is 2590. The van der Waals surface area contributed by atoms with E-state index in [1.165, 1.54) is 57.8 Å². The number of amides is 1. The molecule has 0 aromatic heterocycles. The Balaban J connectivity index is -0.000000579. The van der Waals surface area contributed by atoms with Crippen molar-refractivity contribution in [1.82, 2.24) is 5.32 Å². The summed E-state index contributed by atoms with van der Waals surface area (Å²) in [5, 5.41) is 13.4. The van der Waals surface area contributed by atoms with E-state index in [0.29, 0.717) is 55.5 Å². The molecular weight excluding hydrogens is 1290 g/mol. The van der Waals surface area contributed by atoms with Crippen LogP contribution in [0.4, 0.5) is 0 Å². The fourth-order valence-corrected chi connectivity index (χ4v) is 17.4. The number of hydrogen-bond donors (Lipinski definition) is 2. The minimum atomic E-state index is -0.610. The van der Waals surface area contributed by atoms with Crippen molar-refractivity contribution < 1.29 is 76.6 Å². The Morgan fingerprint density at radius 1 is 0.539 bits per heavy atom. The minimum absolute atomic E-state index is 0. The first-order chi connectivity index (χ1) is 42.8. The molecule has 13 fully saturated rings. The lowest BCUT2D eigenvalue weighted by Crippen LogP contribution is -2.63. The van der Waals surface area contributed by atoms with Crippen LogP contribution in [0.15, 0.2) is 0 Å². The molecule has 0 aromatic rings. The van der Waals surface area contributed by atoms with Crippen LogP contribution < -0.4 is 5.32 Å². The summed E-state index contributed by atoms with van der Waals surface area (Å²) in [7, 11) is 0. The van der Waals surface area contributed by atoms with E-state index in [4.69, 9.17) is 33.2 Å². The fourth-order valence-electron chi connectivity index (χ4n) is 17.4. The van der Waals surface area contributed by atoms with Crippen LogP contribution in [0.1, 0.15) is 359 Å². The van der Waals surface area contributed by atoms with E-state index in [2.05, 4.69) is 33.0 Å². The first-order valence-corrected chi connectivity index (χ1v) is 36.3. The number of ether oxygens (including phenoxy) is 7. The maximum absolute atomic E-state index is 12.8. The smallest absolute Gasteiger partial charge is 0.344 e. The van der Waals surface area contributed by atoms with Gasteiger partial charge in [-0.3, -0.25) is 28.8 Å². The molecule has 13 rings (SSSR count). The van der Waals surface area contributed by atoms with E-state index >= 15 is 0 Å². The molecule has 0 aromatic carbocycles. The van der Waals surface area contributed by atoms with E-state index in [1.54, 1.807) is 13.8 Å². The van der Waals surface area contributed by atoms with Crippen molar-refractivity contribution in [3.63, 3.8) is 0 Å². The van der Waals surface area contributed by atoms with E-state index in [9.17, 15) is 43.5 Å². The molecule has 8 atom stereocenters. The maximum atomic E-state index is 12.8. The molecule has 10 bridgehead atoms. The molecular formula is C85H163NO16. The van der Waals surface area contributed by atoms with Gasteiger partial charge in [-0.05, 0) is 238 Å². The highest BCUT2D eigenvalue weighted by atomic mass is 16.6. The average molecular weight is 1460 g/mol. The third kappa shape index (κ3) is 23.4. The quantitative estimate of drug-likeness (QED) is 0.0904. The van der Waals surface area contributed by atoms with Crippen molar-refractivity contribution in [2.45, 2.75) is 400 Å².